The molecule has 1 aliphatic heterocycles. The molecule has 4 N–H and O–H groups in total. The lowest BCUT2D eigenvalue weighted by molar-refractivity contribution is -0.119. The number of nitrogens with one attached hydrogen (secondary N) is 2. The van der Waals surface area contributed by atoms with Crippen LogP contribution in [0.3, 0.4) is 0 Å². The molecule has 1 fully saturated rings. The Hall–Kier alpha value is -4.58. The van der Waals surface area contributed by atoms with Gasteiger partial charge in [0.1, 0.15) is 17.5 Å². The average molecular weight is 549 g/mol. The van der Waals surface area contributed by atoms with E-state index in [1.165, 1.54) is 26.4 Å². The van der Waals surface area contributed by atoms with Crippen LogP contribution in [0, 0.1) is 0 Å². The zero-order chi connectivity index (χ0) is 27.6. The maximum Gasteiger partial charge on any atom is 0.263 e. The molecule has 2 heterocycles. The summed E-state index contributed by atoms with van der Waals surface area (Å²) in [7, 11) is -1.02. The van der Waals surface area contributed by atoms with Crippen LogP contribution in [-0.4, -0.2) is 51.1 Å². The number of aromatic nitrogens is 2. The smallest absolute Gasteiger partial charge is 0.263 e. The van der Waals surface area contributed by atoms with Crippen molar-refractivity contribution in [2.45, 2.75) is 23.8 Å². The van der Waals surface area contributed by atoms with Crippen molar-refractivity contribution >= 4 is 50.0 Å². The normalized spacial score (nSPS) is 15.2. The van der Waals surface area contributed by atoms with E-state index in [1.54, 1.807) is 48.5 Å². The van der Waals surface area contributed by atoms with Crippen LogP contribution in [0.2, 0.25) is 0 Å². The SMILES string of the molecule is COc1cc(Nc2nc3ccccc3nc2NS(=O)(=O)c2cccc(N3CCC[C@H]3C(N)=O)c2)cc(OC)c1. The number of rotatable bonds is 9. The van der Waals surface area contributed by atoms with Crippen molar-refractivity contribution in [3.05, 3.63) is 66.7 Å². The van der Waals surface area contributed by atoms with Crippen molar-refractivity contribution in [1.82, 2.24) is 9.97 Å². The molecule has 0 unspecified atom stereocenters. The van der Waals surface area contributed by atoms with E-state index in [2.05, 4.69) is 20.0 Å². The number of carbonyl (C=O) groups is 1. The van der Waals surface area contributed by atoms with E-state index in [9.17, 15) is 13.2 Å². The molecule has 0 bridgehead atoms. The summed E-state index contributed by atoms with van der Waals surface area (Å²) in [6.45, 7) is 0.610. The maximum absolute atomic E-state index is 13.6. The van der Waals surface area contributed by atoms with Gasteiger partial charge in [0, 0.05) is 36.1 Å². The monoisotopic (exact) mass is 548 g/mol. The fourth-order valence-corrected chi connectivity index (χ4v) is 5.61. The maximum atomic E-state index is 13.6. The van der Waals surface area contributed by atoms with Gasteiger partial charge in [-0.3, -0.25) is 9.52 Å². The van der Waals surface area contributed by atoms with Crippen molar-refractivity contribution in [2.24, 2.45) is 5.73 Å². The van der Waals surface area contributed by atoms with Gasteiger partial charge in [-0.2, -0.15) is 0 Å². The van der Waals surface area contributed by atoms with Crippen LogP contribution in [0.15, 0.2) is 71.6 Å². The van der Waals surface area contributed by atoms with Gasteiger partial charge >= 0.3 is 0 Å². The van der Waals surface area contributed by atoms with Crippen LogP contribution in [0.5, 0.6) is 11.5 Å². The van der Waals surface area contributed by atoms with Gasteiger partial charge in [0.2, 0.25) is 5.91 Å². The number of hydrogen-bond acceptors (Lipinski definition) is 9. The van der Waals surface area contributed by atoms with Gasteiger partial charge in [-0.15, -0.1) is 0 Å². The number of sulfonamides is 1. The standard InChI is InChI=1S/C27H28N6O5S/c1-37-19-13-17(14-20(16-19)38-2)29-26-27(31-23-10-4-3-9-22(23)30-26)32-39(35,36)21-8-5-7-18(15-21)33-12-6-11-24(33)25(28)34/h3-5,7-10,13-16,24H,6,11-12H2,1-2H3,(H2,28,34)(H,29,30)(H,31,32)/t24-/m0/s1. The molecule has 202 valence electrons. The first-order valence-corrected chi connectivity index (χ1v) is 13.7. The third-order valence-electron chi connectivity index (χ3n) is 6.46. The number of hydrogen-bond donors (Lipinski definition) is 3. The Morgan fingerprint density at radius 3 is 2.26 bits per heavy atom. The molecule has 4 aromatic rings. The summed E-state index contributed by atoms with van der Waals surface area (Å²) < 4.78 is 40.4. The second-order valence-electron chi connectivity index (χ2n) is 8.99. The van der Waals surface area contributed by atoms with E-state index in [0.717, 1.165) is 6.42 Å². The summed E-state index contributed by atoms with van der Waals surface area (Å²) in [5.41, 5.74) is 7.81. The number of primary amides is 1. The second-order valence-corrected chi connectivity index (χ2v) is 10.7. The predicted octanol–water partition coefficient (Wildman–Crippen LogP) is 3.65. The summed E-state index contributed by atoms with van der Waals surface area (Å²) >= 11 is 0. The minimum Gasteiger partial charge on any atom is -0.497 e. The highest BCUT2D eigenvalue weighted by atomic mass is 32.2. The first kappa shape index (κ1) is 26.0. The first-order chi connectivity index (χ1) is 18.8. The Morgan fingerprint density at radius 2 is 1.62 bits per heavy atom. The second kappa shape index (κ2) is 10.7. The molecule has 1 aliphatic rings. The molecule has 0 aliphatic carbocycles. The molecule has 12 heteroatoms. The Bertz CT molecular complexity index is 1620. The zero-order valence-corrected chi connectivity index (χ0v) is 22.2. The average Bonchev–Trinajstić information content (AvgIpc) is 3.44. The van der Waals surface area contributed by atoms with E-state index < -0.39 is 22.0 Å². The van der Waals surface area contributed by atoms with Crippen molar-refractivity contribution in [2.75, 3.05) is 35.7 Å². The van der Waals surface area contributed by atoms with Crippen LogP contribution >= 0.6 is 0 Å². The number of nitrogens with zero attached hydrogens (tertiary/aromatic N) is 3. The Morgan fingerprint density at radius 1 is 0.949 bits per heavy atom. The number of nitrogens with two attached hydrogens (primary N) is 1. The molecular weight excluding hydrogens is 520 g/mol. The van der Waals surface area contributed by atoms with Crippen molar-refractivity contribution < 1.29 is 22.7 Å². The highest BCUT2D eigenvalue weighted by Gasteiger charge is 2.30. The topological polar surface area (TPSA) is 149 Å². The molecule has 5 rings (SSSR count). The zero-order valence-electron chi connectivity index (χ0n) is 21.4. The van der Waals surface area contributed by atoms with E-state index in [-0.39, 0.29) is 16.5 Å². The number of para-hydroxylation sites is 2. The largest absolute Gasteiger partial charge is 0.497 e. The lowest BCUT2D eigenvalue weighted by Crippen LogP contribution is -2.40. The summed E-state index contributed by atoms with van der Waals surface area (Å²) in [6.07, 6.45) is 1.42. The Balaban J connectivity index is 1.52. The molecule has 1 saturated heterocycles. The van der Waals surface area contributed by atoms with Crippen LogP contribution in [0.1, 0.15) is 12.8 Å². The summed E-state index contributed by atoms with van der Waals surface area (Å²) in [4.78, 5) is 22.9. The van der Waals surface area contributed by atoms with Gasteiger partial charge in [0.25, 0.3) is 10.0 Å². The van der Waals surface area contributed by atoms with E-state index in [0.29, 0.717) is 46.9 Å². The molecule has 3 aromatic carbocycles. The van der Waals surface area contributed by atoms with E-state index in [1.807, 2.05) is 11.0 Å². The van der Waals surface area contributed by atoms with E-state index in [4.69, 9.17) is 15.2 Å². The highest BCUT2D eigenvalue weighted by molar-refractivity contribution is 7.92. The molecule has 1 atom stereocenters. The highest BCUT2D eigenvalue weighted by Crippen LogP contribution is 2.32. The molecule has 39 heavy (non-hydrogen) atoms. The number of amides is 1. The molecule has 11 nitrogen and oxygen atoms in total. The lowest BCUT2D eigenvalue weighted by Gasteiger charge is -2.24. The molecular formula is C27H28N6O5S. The fraction of sp³-hybridized carbons (Fsp3) is 0.222. The number of ether oxygens (including phenoxy) is 2. The fourth-order valence-electron chi connectivity index (χ4n) is 4.56. The summed E-state index contributed by atoms with van der Waals surface area (Å²) in [6, 6.07) is 18.3. The molecule has 1 amide bonds. The van der Waals surface area contributed by atoms with Gasteiger partial charge in [0.05, 0.1) is 30.1 Å². The third-order valence-corrected chi connectivity index (χ3v) is 7.79. The Kier molecular flexibility index (Phi) is 7.11. The van der Waals surface area contributed by atoms with Gasteiger partial charge in [-0.05, 0) is 43.2 Å². The van der Waals surface area contributed by atoms with Gasteiger partial charge in [0.15, 0.2) is 11.6 Å². The number of benzene rings is 3. The van der Waals surface area contributed by atoms with Crippen LogP contribution in [-0.2, 0) is 14.8 Å². The molecule has 0 radical (unpaired) electrons. The summed E-state index contributed by atoms with van der Waals surface area (Å²) in [5, 5.41) is 3.14. The summed E-state index contributed by atoms with van der Waals surface area (Å²) in [5.74, 6) is 0.853. The number of carbonyl (C=O) groups excluding carboxylic acids is 1. The minimum atomic E-state index is -4.10. The van der Waals surface area contributed by atoms with Crippen LogP contribution in [0.25, 0.3) is 11.0 Å². The molecule has 0 spiro atoms. The minimum absolute atomic E-state index is 0.0112. The lowest BCUT2D eigenvalue weighted by atomic mass is 10.2. The van der Waals surface area contributed by atoms with Crippen molar-refractivity contribution in [1.29, 1.82) is 0 Å². The van der Waals surface area contributed by atoms with Gasteiger partial charge < -0.3 is 25.4 Å². The van der Waals surface area contributed by atoms with Crippen LogP contribution in [0.4, 0.5) is 23.0 Å². The number of anilines is 4. The third kappa shape index (κ3) is 5.50. The van der Waals surface area contributed by atoms with Crippen molar-refractivity contribution in [3.8, 4) is 11.5 Å². The predicted molar refractivity (Wildman–Crippen MR) is 149 cm³/mol. The van der Waals surface area contributed by atoms with Crippen molar-refractivity contribution in [3.63, 3.8) is 0 Å². The quantitative estimate of drug-likeness (QED) is 0.285. The molecule has 0 saturated carbocycles. The molecule has 1 aromatic heterocycles. The number of methoxy groups -OCH3 is 2. The number of fused-ring (bicyclic) bond motifs is 1. The van der Waals surface area contributed by atoms with Crippen LogP contribution < -0.4 is 30.1 Å². The van der Waals surface area contributed by atoms with E-state index >= 15 is 0 Å². The Labute approximate surface area is 226 Å². The van der Waals surface area contributed by atoms with Gasteiger partial charge in [-0.1, -0.05) is 18.2 Å². The van der Waals surface area contributed by atoms with Gasteiger partial charge in [-0.25, -0.2) is 18.4 Å². The first-order valence-electron chi connectivity index (χ1n) is 12.2.